The molecule has 0 amide bonds. The number of carbonyl (C=O) groups is 1. The summed E-state index contributed by atoms with van der Waals surface area (Å²) < 4.78 is 5.58. The molecule has 0 bridgehead atoms. The predicted molar refractivity (Wildman–Crippen MR) is 78.8 cm³/mol. The first-order valence-corrected chi connectivity index (χ1v) is 6.93. The fraction of sp³-hybridized carbons (Fsp3) is 0.467. The molecule has 2 heterocycles. The molecule has 6 nitrogen and oxygen atoms in total. The molecule has 0 fully saturated rings. The van der Waals surface area contributed by atoms with E-state index in [0.29, 0.717) is 19.5 Å². The molecule has 0 atom stereocenters. The molecule has 2 aromatic heterocycles. The summed E-state index contributed by atoms with van der Waals surface area (Å²) >= 11 is 0. The molecule has 0 saturated carbocycles. The minimum Gasteiger partial charge on any atom is -0.481 e. The fourth-order valence-electron chi connectivity index (χ4n) is 1.96. The Morgan fingerprint density at radius 1 is 1.48 bits per heavy atom. The molecular formula is C15H21N3O3. The van der Waals surface area contributed by atoms with Crippen LogP contribution in [0, 0.1) is 12.3 Å². The van der Waals surface area contributed by atoms with Crippen LogP contribution in [0.2, 0.25) is 0 Å². The maximum atomic E-state index is 11.0. The molecule has 114 valence electrons. The van der Waals surface area contributed by atoms with Crippen molar-refractivity contribution in [3.63, 3.8) is 0 Å². The maximum Gasteiger partial charge on any atom is 0.309 e. The van der Waals surface area contributed by atoms with Crippen LogP contribution in [0.3, 0.4) is 0 Å². The van der Waals surface area contributed by atoms with Gasteiger partial charge in [0.25, 0.3) is 0 Å². The number of aromatic amines is 1. The minimum atomic E-state index is -0.778. The summed E-state index contributed by atoms with van der Waals surface area (Å²) in [7, 11) is 0. The topological polar surface area (TPSA) is 91.2 Å². The van der Waals surface area contributed by atoms with Gasteiger partial charge in [0.2, 0.25) is 0 Å². The van der Waals surface area contributed by atoms with E-state index in [4.69, 9.17) is 9.52 Å². The number of aromatic nitrogens is 2. The number of hydrogen-bond acceptors (Lipinski definition) is 4. The highest BCUT2D eigenvalue weighted by molar-refractivity contribution is 5.73. The van der Waals surface area contributed by atoms with Crippen LogP contribution in [0.5, 0.6) is 0 Å². The second-order valence-electron chi connectivity index (χ2n) is 5.80. The molecule has 0 unspecified atom stereocenters. The van der Waals surface area contributed by atoms with E-state index in [1.54, 1.807) is 20.0 Å². The summed E-state index contributed by atoms with van der Waals surface area (Å²) in [6.07, 6.45) is 2.32. The van der Waals surface area contributed by atoms with Crippen molar-refractivity contribution in [2.24, 2.45) is 5.41 Å². The van der Waals surface area contributed by atoms with E-state index in [9.17, 15) is 4.79 Å². The van der Waals surface area contributed by atoms with Crippen LogP contribution in [-0.4, -0.2) is 27.8 Å². The third kappa shape index (κ3) is 3.72. The van der Waals surface area contributed by atoms with Crippen molar-refractivity contribution < 1.29 is 14.3 Å². The lowest BCUT2D eigenvalue weighted by molar-refractivity contribution is -0.147. The van der Waals surface area contributed by atoms with E-state index < -0.39 is 11.4 Å². The highest BCUT2D eigenvalue weighted by atomic mass is 16.4. The number of nitrogens with one attached hydrogen (secondary N) is 2. The van der Waals surface area contributed by atoms with Crippen LogP contribution in [0.4, 0.5) is 0 Å². The van der Waals surface area contributed by atoms with Crippen molar-refractivity contribution >= 4 is 5.97 Å². The average molecular weight is 291 g/mol. The zero-order valence-electron chi connectivity index (χ0n) is 12.6. The zero-order valence-corrected chi connectivity index (χ0v) is 12.6. The Balaban J connectivity index is 1.91. The van der Waals surface area contributed by atoms with Crippen molar-refractivity contribution in [1.29, 1.82) is 0 Å². The van der Waals surface area contributed by atoms with E-state index in [0.717, 1.165) is 22.8 Å². The third-order valence-electron chi connectivity index (χ3n) is 3.53. The quantitative estimate of drug-likeness (QED) is 0.682. The SMILES string of the molecule is Cc1ccc(-c2[nH]ncc2CNCCC(C)(C)C(=O)O)o1. The van der Waals surface area contributed by atoms with Crippen LogP contribution < -0.4 is 5.32 Å². The second kappa shape index (κ2) is 6.13. The first-order chi connectivity index (χ1) is 9.90. The summed E-state index contributed by atoms with van der Waals surface area (Å²) in [5.41, 5.74) is 1.13. The highest BCUT2D eigenvalue weighted by Crippen LogP contribution is 2.23. The Kier molecular flexibility index (Phi) is 4.47. The van der Waals surface area contributed by atoms with E-state index in [-0.39, 0.29) is 0 Å². The van der Waals surface area contributed by atoms with E-state index in [2.05, 4.69) is 15.5 Å². The number of carboxylic acids is 1. The lowest BCUT2D eigenvalue weighted by Gasteiger charge is -2.18. The molecule has 0 aliphatic carbocycles. The molecular weight excluding hydrogens is 270 g/mol. The number of carboxylic acid groups (broad SMARTS) is 1. The average Bonchev–Trinajstić information content (AvgIpc) is 3.02. The molecule has 0 aliphatic heterocycles. The molecule has 2 rings (SSSR count). The molecule has 2 aromatic rings. The smallest absolute Gasteiger partial charge is 0.309 e. The zero-order chi connectivity index (χ0) is 15.5. The fourth-order valence-corrected chi connectivity index (χ4v) is 1.96. The van der Waals surface area contributed by atoms with Crippen LogP contribution in [0.1, 0.15) is 31.6 Å². The van der Waals surface area contributed by atoms with Crippen molar-refractivity contribution in [3.8, 4) is 11.5 Å². The molecule has 21 heavy (non-hydrogen) atoms. The number of hydrogen-bond donors (Lipinski definition) is 3. The monoisotopic (exact) mass is 291 g/mol. The second-order valence-corrected chi connectivity index (χ2v) is 5.80. The number of rotatable bonds is 7. The summed E-state index contributed by atoms with van der Waals surface area (Å²) in [6.45, 7) is 6.59. The third-order valence-corrected chi connectivity index (χ3v) is 3.53. The van der Waals surface area contributed by atoms with Crippen LogP contribution >= 0.6 is 0 Å². The van der Waals surface area contributed by atoms with Crippen molar-refractivity contribution in [3.05, 3.63) is 29.7 Å². The summed E-state index contributed by atoms with van der Waals surface area (Å²) in [6, 6.07) is 3.81. The van der Waals surface area contributed by atoms with Crippen molar-refractivity contribution in [1.82, 2.24) is 15.5 Å². The van der Waals surface area contributed by atoms with Gasteiger partial charge in [-0.05, 0) is 45.9 Å². The first kappa shape index (κ1) is 15.3. The Hall–Kier alpha value is -2.08. The lowest BCUT2D eigenvalue weighted by atomic mass is 9.90. The van der Waals surface area contributed by atoms with Gasteiger partial charge in [0.05, 0.1) is 11.6 Å². The highest BCUT2D eigenvalue weighted by Gasteiger charge is 2.26. The van der Waals surface area contributed by atoms with Gasteiger partial charge in [0.15, 0.2) is 5.76 Å². The Bertz CT molecular complexity index is 613. The minimum absolute atomic E-state index is 0.565. The molecule has 0 aromatic carbocycles. The Labute approximate surface area is 123 Å². The molecule has 0 spiro atoms. The van der Waals surface area contributed by atoms with Gasteiger partial charge in [-0.1, -0.05) is 0 Å². The largest absolute Gasteiger partial charge is 0.481 e. The standard InChI is InChI=1S/C15H21N3O3/c1-10-4-5-12(21-10)13-11(9-17-18-13)8-16-7-6-15(2,3)14(19)20/h4-5,9,16H,6-8H2,1-3H3,(H,17,18)(H,19,20). The maximum absolute atomic E-state index is 11.0. The summed E-state index contributed by atoms with van der Waals surface area (Å²) in [5, 5.41) is 19.3. The van der Waals surface area contributed by atoms with Crippen molar-refractivity contribution in [2.75, 3.05) is 6.54 Å². The number of aliphatic carboxylic acids is 1. The van der Waals surface area contributed by atoms with Gasteiger partial charge in [-0.25, -0.2) is 0 Å². The van der Waals surface area contributed by atoms with Crippen LogP contribution in [0.25, 0.3) is 11.5 Å². The lowest BCUT2D eigenvalue weighted by Crippen LogP contribution is -2.28. The van der Waals surface area contributed by atoms with Gasteiger partial charge >= 0.3 is 5.97 Å². The van der Waals surface area contributed by atoms with Gasteiger partial charge in [-0.15, -0.1) is 0 Å². The van der Waals surface area contributed by atoms with E-state index >= 15 is 0 Å². The Morgan fingerprint density at radius 3 is 2.86 bits per heavy atom. The van der Waals surface area contributed by atoms with E-state index in [1.165, 1.54) is 0 Å². The van der Waals surface area contributed by atoms with Crippen molar-refractivity contribution in [2.45, 2.75) is 33.7 Å². The molecule has 0 radical (unpaired) electrons. The normalized spacial score (nSPS) is 11.8. The summed E-state index contributed by atoms with van der Waals surface area (Å²) in [4.78, 5) is 11.0. The Morgan fingerprint density at radius 2 is 2.24 bits per heavy atom. The molecule has 3 N–H and O–H groups in total. The van der Waals surface area contributed by atoms with Gasteiger partial charge in [-0.3, -0.25) is 9.89 Å². The number of furan rings is 1. The molecule has 6 heteroatoms. The van der Waals surface area contributed by atoms with E-state index in [1.807, 2.05) is 19.1 Å². The van der Waals surface area contributed by atoms with Crippen LogP contribution in [-0.2, 0) is 11.3 Å². The molecule has 0 aliphatic rings. The number of nitrogens with zero attached hydrogens (tertiary/aromatic N) is 1. The first-order valence-electron chi connectivity index (χ1n) is 6.93. The number of aryl methyl sites for hydroxylation is 1. The van der Waals surface area contributed by atoms with Crippen LogP contribution in [0.15, 0.2) is 22.7 Å². The predicted octanol–water partition coefficient (Wildman–Crippen LogP) is 2.57. The number of H-pyrrole nitrogens is 1. The van der Waals surface area contributed by atoms with Gasteiger partial charge in [-0.2, -0.15) is 5.10 Å². The summed E-state index contributed by atoms with van der Waals surface area (Å²) in [5.74, 6) is 0.828. The van der Waals surface area contributed by atoms with Gasteiger partial charge < -0.3 is 14.8 Å². The van der Waals surface area contributed by atoms with Gasteiger partial charge in [0.1, 0.15) is 11.5 Å². The van der Waals surface area contributed by atoms with Gasteiger partial charge in [0, 0.05) is 12.1 Å². The molecule has 0 saturated heterocycles.